The normalized spacial score (nSPS) is 11.0. The van der Waals surface area contributed by atoms with Crippen molar-refractivity contribution in [3.05, 3.63) is 27.4 Å². The summed E-state index contributed by atoms with van der Waals surface area (Å²) in [4.78, 5) is 5.73. The molecule has 0 aliphatic heterocycles. The first-order valence-electron chi connectivity index (χ1n) is 5.01. The van der Waals surface area contributed by atoms with E-state index in [1.165, 1.54) is 0 Å². The highest BCUT2D eigenvalue weighted by Gasteiger charge is 2.13. The molecular weight excluding hydrogens is 288 g/mol. The molecule has 0 atom stereocenters. The summed E-state index contributed by atoms with van der Waals surface area (Å²) in [6, 6.07) is 2.07. The van der Waals surface area contributed by atoms with E-state index >= 15 is 0 Å². The fourth-order valence-corrected chi connectivity index (χ4v) is 3.10. The van der Waals surface area contributed by atoms with E-state index < -0.39 is 0 Å². The van der Waals surface area contributed by atoms with Gasteiger partial charge in [0, 0.05) is 29.0 Å². The maximum atomic E-state index is 8.96. The van der Waals surface area contributed by atoms with Gasteiger partial charge in [-0.05, 0) is 28.9 Å². The maximum Gasteiger partial charge on any atom is 0.111 e. The Morgan fingerprint density at radius 1 is 1.56 bits per heavy atom. The molecule has 2 aromatic heterocycles. The molecule has 0 aliphatic carbocycles. The predicted octanol–water partition coefficient (Wildman–Crippen LogP) is 2.75. The van der Waals surface area contributed by atoms with E-state index in [1.807, 2.05) is 11.6 Å². The lowest BCUT2D eigenvalue weighted by Crippen LogP contribution is -2.01. The lowest BCUT2D eigenvalue weighted by molar-refractivity contribution is 0.295. The third kappa shape index (κ3) is 2.07. The summed E-state index contributed by atoms with van der Waals surface area (Å²) in [6.07, 6.45) is 0.601. The summed E-state index contributed by atoms with van der Waals surface area (Å²) in [7, 11) is 1.99. The Morgan fingerprint density at radius 2 is 2.31 bits per heavy atom. The zero-order valence-corrected chi connectivity index (χ0v) is 11.6. The van der Waals surface area contributed by atoms with Crippen molar-refractivity contribution in [1.82, 2.24) is 9.55 Å². The van der Waals surface area contributed by atoms with Crippen LogP contribution in [0.15, 0.2) is 15.9 Å². The standard InChI is InChI=1S/C11H13BrN2OS/c1-7-11(9-5-8(12)6-16-9)13-10(3-4-15)14(7)2/h5-6,15H,3-4H2,1-2H3. The van der Waals surface area contributed by atoms with Gasteiger partial charge in [0.05, 0.1) is 11.5 Å². The molecule has 2 aromatic rings. The summed E-state index contributed by atoms with van der Waals surface area (Å²) < 4.78 is 3.13. The van der Waals surface area contributed by atoms with E-state index in [1.54, 1.807) is 11.3 Å². The number of imidazole rings is 1. The zero-order valence-electron chi connectivity index (χ0n) is 9.20. The number of rotatable bonds is 3. The summed E-state index contributed by atoms with van der Waals surface area (Å²) in [5, 5.41) is 11.0. The highest BCUT2D eigenvalue weighted by molar-refractivity contribution is 9.10. The van der Waals surface area contributed by atoms with Gasteiger partial charge in [0.25, 0.3) is 0 Å². The van der Waals surface area contributed by atoms with Gasteiger partial charge in [-0.2, -0.15) is 0 Å². The Labute approximate surface area is 107 Å². The topological polar surface area (TPSA) is 38.1 Å². The molecule has 2 heterocycles. The molecular formula is C11H13BrN2OS. The van der Waals surface area contributed by atoms with Gasteiger partial charge in [-0.25, -0.2) is 4.98 Å². The first kappa shape index (κ1) is 11.8. The Bertz CT molecular complexity index is 504. The van der Waals surface area contributed by atoms with Crippen LogP contribution in [0.25, 0.3) is 10.6 Å². The largest absolute Gasteiger partial charge is 0.396 e. The average molecular weight is 301 g/mol. The molecule has 0 radical (unpaired) electrons. The van der Waals surface area contributed by atoms with Crippen LogP contribution in [-0.4, -0.2) is 21.3 Å². The Hall–Kier alpha value is -0.650. The third-order valence-corrected chi connectivity index (χ3v) is 4.31. The van der Waals surface area contributed by atoms with E-state index in [0.29, 0.717) is 6.42 Å². The van der Waals surface area contributed by atoms with Crippen LogP contribution in [0, 0.1) is 6.92 Å². The molecule has 0 amide bonds. The minimum atomic E-state index is 0.137. The first-order valence-corrected chi connectivity index (χ1v) is 6.68. The Kier molecular flexibility index (Phi) is 3.47. The van der Waals surface area contributed by atoms with Crippen LogP contribution in [0.4, 0.5) is 0 Å². The van der Waals surface area contributed by atoms with Crippen molar-refractivity contribution in [3.63, 3.8) is 0 Å². The predicted molar refractivity (Wildman–Crippen MR) is 69.7 cm³/mol. The quantitative estimate of drug-likeness (QED) is 0.946. The number of hydrogen-bond acceptors (Lipinski definition) is 3. The fraction of sp³-hybridized carbons (Fsp3) is 0.364. The van der Waals surface area contributed by atoms with Crippen LogP contribution >= 0.6 is 27.3 Å². The van der Waals surface area contributed by atoms with E-state index in [2.05, 4.69) is 39.3 Å². The molecule has 0 fully saturated rings. The molecule has 3 nitrogen and oxygen atoms in total. The number of halogens is 1. The van der Waals surface area contributed by atoms with Gasteiger partial charge in [0.15, 0.2) is 0 Å². The van der Waals surface area contributed by atoms with Gasteiger partial charge in [-0.15, -0.1) is 11.3 Å². The zero-order chi connectivity index (χ0) is 11.7. The summed E-state index contributed by atoms with van der Waals surface area (Å²) >= 11 is 5.12. The van der Waals surface area contributed by atoms with Crippen molar-refractivity contribution in [1.29, 1.82) is 0 Å². The van der Waals surface area contributed by atoms with E-state index in [4.69, 9.17) is 5.11 Å². The second kappa shape index (κ2) is 4.69. The lowest BCUT2D eigenvalue weighted by Gasteiger charge is -1.99. The molecule has 0 saturated carbocycles. The number of nitrogens with zero attached hydrogens (tertiary/aromatic N) is 2. The second-order valence-electron chi connectivity index (χ2n) is 3.62. The second-order valence-corrected chi connectivity index (χ2v) is 5.45. The van der Waals surface area contributed by atoms with E-state index in [9.17, 15) is 0 Å². The van der Waals surface area contributed by atoms with Crippen molar-refractivity contribution in [3.8, 4) is 10.6 Å². The summed E-state index contributed by atoms with van der Waals surface area (Å²) in [6.45, 7) is 2.19. The van der Waals surface area contributed by atoms with Gasteiger partial charge >= 0.3 is 0 Å². The first-order chi connectivity index (χ1) is 7.63. The minimum absolute atomic E-state index is 0.137. The molecule has 2 rings (SSSR count). The van der Waals surface area contributed by atoms with Crippen LogP contribution in [0.5, 0.6) is 0 Å². The molecule has 0 bridgehead atoms. The van der Waals surface area contributed by atoms with Crippen LogP contribution in [-0.2, 0) is 13.5 Å². The SMILES string of the molecule is Cc1c(-c2cc(Br)cs2)nc(CCO)n1C. The molecule has 5 heteroatoms. The molecule has 0 aromatic carbocycles. The average Bonchev–Trinajstić information content (AvgIpc) is 2.78. The Balaban J connectivity index is 2.45. The molecule has 1 N–H and O–H groups in total. The van der Waals surface area contributed by atoms with E-state index in [0.717, 1.165) is 26.6 Å². The van der Waals surface area contributed by atoms with Gasteiger partial charge in [0.1, 0.15) is 11.5 Å². The molecule has 0 saturated heterocycles. The van der Waals surface area contributed by atoms with Crippen molar-refractivity contribution in [2.75, 3.05) is 6.61 Å². The van der Waals surface area contributed by atoms with Crippen LogP contribution in [0.2, 0.25) is 0 Å². The van der Waals surface area contributed by atoms with Crippen molar-refractivity contribution in [2.45, 2.75) is 13.3 Å². The highest BCUT2D eigenvalue weighted by atomic mass is 79.9. The van der Waals surface area contributed by atoms with E-state index in [-0.39, 0.29) is 6.61 Å². The number of aliphatic hydroxyl groups is 1. The number of aliphatic hydroxyl groups excluding tert-OH is 1. The summed E-state index contributed by atoms with van der Waals surface area (Å²) in [5.74, 6) is 0.930. The molecule has 16 heavy (non-hydrogen) atoms. The number of thiophene rings is 1. The molecule has 86 valence electrons. The van der Waals surface area contributed by atoms with Gasteiger partial charge in [-0.3, -0.25) is 0 Å². The van der Waals surface area contributed by atoms with Gasteiger partial charge in [0.2, 0.25) is 0 Å². The smallest absolute Gasteiger partial charge is 0.111 e. The van der Waals surface area contributed by atoms with Crippen LogP contribution < -0.4 is 0 Å². The Morgan fingerprint density at radius 3 is 2.88 bits per heavy atom. The maximum absolute atomic E-state index is 8.96. The molecule has 0 aliphatic rings. The monoisotopic (exact) mass is 300 g/mol. The highest BCUT2D eigenvalue weighted by Crippen LogP contribution is 2.31. The minimum Gasteiger partial charge on any atom is -0.396 e. The van der Waals surface area contributed by atoms with Gasteiger partial charge < -0.3 is 9.67 Å². The van der Waals surface area contributed by atoms with Gasteiger partial charge in [-0.1, -0.05) is 0 Å². The van der Waals surface area contributed by atoms with Crippen molar-refractivity contribution < 1.29 is 5.11 Å². The van der Waals surface area contributed by atoms with Crippen molar-refractivity contribution >= 4 is 27.3 Å². The van der Waals surface area contributed by atoms with Crippen LogP contribution in [0.3, 0.4) is 0 Å². The summed E-state index contributed by atoms with van der Waals surface area (Å²) in [5.41, 5.74) is 2.15. The number of hydrogen-bond donors (Lipinski definition) is 1. The number of aromatic nitrogens is 2. The fourth-order valence-electron chi connectivity index (χ4n) is 1.63. The third-order valence-electron chi connectivity index (χ3n) is 2.61. The molecule has 0 unspecified atom stereocenters. The molecule has 0 spiro atoms. The van der Waals surface area contributed by atoms with Crippen molar-refractivity contribution in [2.24, 2.45) is 7.05 Å². The lowest BCUT2D eigenvalue weighted by atomic mass is 10.3. The van der Waals surface area contributed by atoms with Crippen LogP contribution in [0.1, 0.15) is 11.5 Å².